The van der Waals surface area contributed by atoms with E-state index in [-0.39, 0.29) is 0 Å². The Kier molecular flexibility index (Phi) is 4.97. The van der Waals surface area contributed by atoms with Gasteiger partial charge in [-0.1, -0.05) is 30.4 Å². The van der Waals surface area contributed by atoms with Crippen LogP contribution < -0.4 is 4.57 Å². The summed E-state index contributed by atoms with van der Waals surface area (Å²) in [6.45, 7) is 10.7. The zero-order valence-corrected chi connectivity index (χ0v) is 14.6. The van der Waals surface area contributed by atoms with Crippen molar-refractivity contribution in [3.05, 3.63) is 70.9 Å². The number of aryl methyl sites for hydroxylation is 3. The fraction of sp³-hybridized carbons (Fsp3) is 0.286. The average Bonchev–Trinajstić information content (AvgIpc) is 2.51. The van der Waals surface area contributed by atoms with Crippen LogP contribution in [0.15, 0.2) is 48.7 Å². The molecule has 0 unspecified atom stereocenters. The van der Waals surface area contributed by atoms with Crippen molar-refractivity contribution < 1.29 is 4.57 Å². The quantitative estimate of drug-likeness (QED) is 0.548. The first-order valence-electron chi connectivity index (χ1n) is 7.85. The maximum absolute atomic E-state index is 2.31. The monoisotopic (exact) mass is 292 g/mol. The van der Waals surface area contributed by atoms with E-state index in [4.69, 9.17) is 0 Å². The molecule has 0 aliphatic heterocycles. The van der Waals surface area contributed by atoms with Gasteiger partial charge in [0.05, 0.1) is 0 Å². The Morgan fingerprint density at radius 2 is 1.73 bits per heavy atom. The number of nitrogens with zero attached hydrogens (tertiary/aromatic N) is 1. The van der Waals surface area contributed by atoms with E-state index < -0.39 is 0 Å². The third-order valence-electron chi connectivity index (χ3n) is 4.33. The average molecular weight is 292 g/mol. The summed E-state index contributed by atoms with van der Waals surface area (Å²) in [6.07, 6.45) is 8.56. The topological polar surface area (TPSA) is 3.88 Å². The Bertz CT molecular complexity index is 749. The van der Waals surface area contributed by atoms with E-state index in [1.165, 1.54) is 39.1 Å². The number of rotatable bonds is 3. The molecule has 0 radical (unpaired) electrons. The Morgan fingerprint density at radius 1 is 1.00 bits per heavy atom. The second-order valence-corrected chi connectivity index (χ2v) is 5.86. The van der Waals surface area contributed by atoms with Gasteiger partial charge >= 0.3 is 0 Å². The first kappa shape index (κ1) is 16.2. The van der Waals surface area contributed by atoms with Gasteiger partial charge in [-0.3, -0.25) is 0 Å². The smallest absolute Gasteiger partial charge is 0.201 e. The molecule has 22 heavy (non-hydrogen) atoms. The summed E-state index contributed by atoms with van der Waals surface area (Å²) in [6, 6.07) is 8.92. The summed E-state index contributed by atoms with van der Waals surface area (Å²) in [5.41, 5.74) is 9.12. The lowest BCUT2D eigenvalue weighted by Gasteiger charge is -2.11. The summed E-state index contributed by atoms with van der Waals surface area (Å²) in [4.78, 5) is 0. The molecule has 1 aromatic carbocycles. The highest BCUT2D eigenvalue weighted by Crippen LogP contribution is 2.28. The first-order valence-corrected chi connectivity index (χ1v) is 7.85. The van der Waals surface area contributed by atoms with Gasteiger partial charge in [0.2, 0.25) is 5.69 Å². The second kappa shape index (κ2) is 6.74. The highest BCUT2D eigenvalue weighted by Gasteiger charge is 2.18. The third-order valence-corrected chi connectivity index (χ3v) is 4.33. The maximum atomic E-state index is 2.31. The number of benzene rings is 1. The molecule has 0 atom stereocenters. The largest absolute Gasteiger partial charge is 0.215 e. The highest BCUT2D eigenvalue weighted by molar-refractivity contribution is 5.78. The van der Waals surface area contributed by atoms with Gasteiger partial charge in [-0.15, -0.1) is 0 Å². The molecule has 2 rings (SSSR count). The van der Waals surface area contributed by atoms with Crippen LogP contribution >= 0.6 is 0 Å². The molecule has 1 heterocycles. The summed E-state index contributed by atoms with van der Waals surface area (Å²) in [5, 5.41) is 0. The molecule has 0 saturated heterocycles. The molecule has 1 aromatic heterocycles. The molecule has 2 aromatic rings. The first-order chi connectivity index (χ1) is 10.5. The van der Waals surface area contributed by atoms with Crippen LogP contribution in [0.3, 0.4) is 0 Å². The van der Waals surface area contributed by atoms with Crippen LogP contribution in [0.5, 0.6) is 0 Å². The molecule has 0 fully saturated rings. The van der Waals surface area contributed by atoms with E-state index in [9.17, 15) is 0 Å². The molecule has 1 nitrogen and oxygen atoms in total. The van der Waals surface area contributed by atoms with E-state index >= 15 is 0 Å². The van der Waals surface area contributed by atoms with Crippen LogP contribution in [0.2, 0.25) is 0 Å². The van der Waals surface area contributed by atoms with Crippen LogP contribution in [0.4, 0.5) is 0 Å². The van der Waals surface area contributed by atoms with Crippen LogP contribution in [-0.2, 0) is 7.05 Å². The molecular formula is C21H26N+. The van der Waals surface area contributed by atoms with Gasteiger partial charge in [-0.2, -0.15) is 0 Å². The van der Waals surface area contributed by atoms with Gasteiger partial charge in [0, 0.05) is 17.2 Å². The molecular weight excluding hydrogens is 266 g/mol. The molecule has 0 aliphatic carbocycles. The Balaban J connectivity index is 2.70. The lowest BCUT2D eigenvalue weighted by molar-refractivity contribution is -0.660. The van der Waals surface area contributed by atoms with E-state index in [0.29, 0.717) is 0 Å². The van der Waals surface area contributed by atoms with E-state index in [1.54, 1.807) is 0 Å². The summed E-state index contributed by atoms with van der Waals surface area (Å²) in [5.74, 6) is 0. The molecule has 114 valence electrons. The van der Waals surface area contributed by atoms with Crippen LogP contribution in [0.1, 0.15) is 36.1 Å². The molecule has 0 amide bonds. The minimum Gasteiger partial charge on any atom is -0.201 e. The summed E-state index contributed by atoms with van der Waals surface area (Å²) >= 11 is 0. The number of allylic oxidation sites excluding steroid dienone is 4. The van der Waals surface area contributed by atoms with Gasteiger partial charge in [0.25, 0.3) is 0 Å². The predicted octanol–water partition coefficient (Wildman–Crippen LogP) is 5.08. The fourth-order valence-corrected chi connectivity index (χ4v) is 2.86. The molecule has 0 N–H and O–H groups in total. The Morgan fingerprint density at radius 3 is 2.36 bits per heavy atom. The van der Waals surface area contributed by atoms with E-state index in [0.717, 1.165) is 0 Å². The van der Waals surface area contributed by atoms with Gasteiger partial charge < -0.3 is 0 Å². The van der Waals surface area contributed by atoms with Crippen LogP contribution in [0.25, 0.3) is 16.8 Å². The van der Waals surface area contributed by atoms with Crippen LogP contribution in [0, 0.1) is 20.8 Å². The van der Waals surface area contributed by atoms with E-state index in [2.05, 4.69) is 94.9 Å². The molecule has 0 saturated carbocycles. The Labute approximate surface area is 134 Å². The molecule has 0 spiro atoms. The molecule has 1 heteroatoms. The van der Waals surface area contributed by atoms with Crippen molar-refractivity contribution in [2.45, 2.75) is 34.6 Å². The predicted molar refractivity (Wildman–Crippen MR) is 95.7 cm³/mol. The third kappa shape index (κ3) is 3.04. The van der Waals surface area contributed by atoms with Crippen molar-refractivity contribution in [3.63, 3.8) is 0 Å². The minimum absolute atomic E-state index is 1.26. The van der Waals surface area contributed by atoms with Crippen LogP contribution in [-0.4, -0.2) is 0 Å². The Hall–Kier alpha value is -2.15. The van der Waals surface area contributed by atoms with Gasteiger partial charge in [0.1, 0.15) is 7.05 Å². The standard InChI is InChI=1S/C21H26N/c1-7-9-18(8-2)19-11-10-16(4)20(14-19)21-17(5)15(3)12-13-22(21)6/h7-14H,1-6H3/q+1. The van der Waals surface area contributed by atoms with E-state index in [1.807, 2.05) is 0 Å². The second-order valence-electron chi connectivity index (χ2n) is 5.86. The number of hydrogen-bond donors (Lipinski definition) is 0. The SMILES string of the molecule is CC=CC(=CC)c1ccc(C)c(-c2c(C)c(C)cc[n+]2C)c1. The van der Waals surface area contributed by atoms with Crippen molar-refractivity contribution in [2.24, 2.45) is 7.05 Å². The number of pyridine rings is 1. The van der Waals surface area contributed by atoms with Crippen molar-refractivity contribution in [1.82, 2.24) is 0 Å². The normalized spacial score (nSPS) is 12.2. The van der Waals surface area contributed by atoms with Gasteiger partial charge in [-0.25, -0.2) is 4.57 Å². The fourth-order valence-electron chi connectivity index (χ4n) is 2.86. The van der Waals surface area contributed by atoms with Crippen molar-refractivity contribution in [3.8, 4) is 11.3 Å². The maximum Gasteiger partial charge on any atom is 0.215 e. The van der Waals surface area contributed by atoms with Crippen molar-refractivity contribution in [2.75, 3.05) is 0 Å². The van der Waals surface area contributed by atoms with Crippen molar-refractivity contribution >= 4 is 5.57 Å². The molecule has 0 bridgehead atoms. The molecule has 0 aliphatic rings. The van der Waals surface area contributed by atoms with Gasteiger partial charge in [-0.05, 0) is 62.9 Å². The number of hydrogen-bond acceptors (Lipinski definition) is 0. The highest BCUT2D eigenvalue weighted by atomic mass is 14.9. The van der Waals surface area contributed by atoms with Gasteiger partial charge in [0.15, 0.2) is 6.20 Å². The van der Waals surface area contributed by atoms with Crippen molar-refractivity contribution in [1.29, 1.82) is 0 Å². The zero-order chi connectivity index (χ0) is 16.3. The zero-order valence-electron chi connectivity index (χ0n) is 14.6. The number of aromatic nitrogens is 1. The lowest BCUT2D eigenvalue weighted by Crippen LogP contribution is -2.32. The lowest BCUT2D eigenvalue weighted by atomic mass is 9.94. The summed E-state index contributed by atoms with van der Waals surface area (Å²) < 4.78 is 2.22. The summed E-state index contributed by atoms with van der Waals surface area (Å²) in [7, 11) is 2.12. The minimum atomic E-state index is 1.26.